The molecule has 2 aliphatic heterocycles. The number of urea groups is 1. The molecule has 4 amide bonds. The van der Waals surface area contributed by atoms with E-state index < -0.39 is 17.5 Å². The first-order chi connectivity index (χ1) is 13.9. The van der Waals surface area contributed by atoms with Gasteiger partial charge in [-0.05, 0) is 48.2 Å². The van der Waals surface area contributed by atoms with E-state index in [1.165, 1.54) is 19.2 Å². The number of hydrogen-bond acceptors (Lipinski definition) is 4. The third-order valence-electron chi connectivity index (χ3n) is 5.42. The van der Waals surface area contributed by atoms with Crippen LogP contribution in [0.5, 0.6) is 5.75 Å². The first-order valence-electron chi connectivity index (χ1n) is 9.24. The number of methoxy groups -OCH3 is 1. The third kappa shape index (κ3) is 3.53. The summed E-state index contributed by atoms with van der Waals surface area (Å²) in [6.45, 7) is 0.390. The molecule has 2 aromatic carbocycles. The molecule has 0 spiro atoms. The lowest BCUT2D eigenvalue weighted by Gasteiger charge is -2.31. The molecular formula is C21H20FN3O4. The van der Waals surface area contributed by atoms with E-state index in [-0.39, 0.29) is 24.7 Å². The molecule has 0 aliphatic carbocycles. The van der Waals surface area contributed by atoms with Gasteiger partial charge in [0.25, 0.3) is 11.8 Å². The highest BCUT2D eigenvalue weighted by atomic mass is 19.1. The minimum atomic E-state index is -1.24. The van der Waals surface area contributed by atoms with Gasteiger partial charge in [-0.15, -0.1) is 0 Å². The number of carbonyl (C=O) groups is 3. The molecule has 1 fully saturated rings. The Morgan fingerprint density at radius 3 is 2.55 bits per heavy atom. The van der Waals surface area contributed by atoms with Crippen LogP contribution in [0.25, 0.3) is 0 Å². The van der Waals surface area contributed by atoms with Crippen molar-refractivity contribution in [2.75, 3.05) is 13.7 Å². The number of carbonyl (C=O) groups excluding carboxylic acids is 3. The van der Waals surface area contributed by atoms with E-state index in [0.29, 0.717) is 24.3 Å². The molecule has 7 nitrogen and oxygen atoms in total. The second-order valence-electron chi connectivity index (χ2n) is 7.30. The number of benzene rings is 2. The fourth-order valence-corrected chi connectivity index (χ4v) is 3.82. The Labute approximate surface area is 166 Å². The summed E-state index contributed by atoms with van der Waals surface area (Å²) in [5.41, 5.74) is 0.963. The molecule has 0 bridgehead atoms. The lowest BCUT2D eigenvalue weighted by Crippen LogP contribution is -2.55. The lowest BCUT2D eigenvalue weighted by molar-refractivity contribution is -0.124. The largest absolute Gasteiger partial charge is 0.497 e. The maximum absolute atomic E-state index is 13.1. The summed E-state index contributed by atoms with van der Waals surface area (Å²) in [5.74, 6) is -0.442. The first kappa shape index (κ1) is 18.9. The standard InChI is InChI=1S/C21H20FN3O4/c1-29-16-7-4-14-11-25(18(26)17(14)10-16)12-21(19(27)23-20(28)24-21)9-8-13-2-5-15(22)6-3-13/h2-7,10H,8-9,11-12H2,1H3,(H2,23,24,27,28)/t21-/m1/s1. The van der Waals surface area contributed by atoms with Crippen molar-refractivity contribution in [3.8, 4) is 5.75 Å². The summed E-state index contributed by atoms with van der Waals surface area (Å²) >= 11 is 0. The van der Waals surface area contributed by atoms with Crippen LogP contribution in [0.1, 0.15) is 27.9 Å². The molecule has 4 rings (SSSR count). The smallest absolute Gasteiger partial charge is 0.322 e. The van der Waals surface area contributed by atoms with Crippen molar-refractivity contribution in [3.63, 3.8) is 0 Å². The number of nitrogens with zero attached hydrogens (tertiary/aromatic N) is 1. The number of amides is 4. The molecule has 0 radical (unpaired) electrons. The number of nitrogens with one attached hydrogen (secondary N) is 2. The second kappa shape index (κ2) is 7.20. The molecule has 0 unspecified atom stereocenters. The minimum Gasteiger partial charge on any atom is -0.497 e. The third-order valence-corrected chi connectivity index (χ3v) is 5.42. The number of aryl methyl sites for hydroxylation is 1. The monoisotopic (exact) mass is 397 g/mol. The zero-order valence-corrected chi connectivity index (χ0v) is 15.8. The quantitative estimate of drug-likeness (QED) is 0.730. The van der Waals surface area contributed by atoms with E-state index in [4.69, 9.17) is 4.74 Å². The van der Waals surface area contributed by atoms with Crippen LogP contribution in [0, 0.1) is 5.82 Å². The number of halogens is 1. The highest BCUT2D eigenvalue weighted by molar-refractivity contribution is 6.08. The molecular weight excluding hydrogens is 377 g/mol. The van der Waals surface area contributed by atoms with Crippen LogP contribution < -0.4 is 15.4 Å². The molecule has 29 heavy (non-hydrogen) atoms. The Morgan fingerprint density at radius 2 is 1.90 bits per heavy atom. The fourth-order valence-electron chi connectivity index (χ4n) is 3.82. The van der Waals surface area contributed by atoms with E-state index in [2.05, 4.69) is 10.6 Å². The van der Waals surface area contributed by atoms with Crippen molar-refractivity contribution >= 4 is 17.8 Å². The molecule has 1 saturated heterocycles. The Bertz CT molecular complexity index is 992. The fraction of sp³-hybridized carbons (Fsp3) is 0.286. The van der Waals surface area contributed by atoms with Gasteiger partial charge in [0.15, 0.2) is 0 Å². The molecule has 150 valence electrons. The molecule has 2 aliphatic rings. The van der Waals surface area contributed by atoms with Gasteiger partial charge in [0.2, 0.25) is 0 Å². The zero-order chi connectivity index (χ0) is 20.6. The van der Waals surface area contributed by atoms with Crippen molar-refractivity contribution in [2.24, 2.45) is 0 Å². The van der Waals surface area contributed by atoms with Gasteiger partial charge in [-0.2, -0.15) is 0 Å². The predicted octanol–water partition coefficient (Wildman–Crippen LogP) is 2.00. The van der Waals surface area contributed by atoms with Crippen molar-refractivity contribution in [2.45, 2.75) is 24.9 Å². The van der Waals surface area contributed by atoms with E-state index in [1.54, 1.807) is 29.2 Å². The summed E-state index contributed by atoms with van der Waals surface area (Å²) in [5, 5.41) is 4.98. The van der Waals surface area contributed by atoms with Crippen LogP contribution in [0.15, 0.2) is 42.5 Å². The summed E-state index contributed by atoms with van der Waals surface area (Å²) < 4.78 is 18.3. The van der Waals surface area contributed by atoms with Gasteiger partial charge in [0.05, 0.1) is 13.7 Å². The summed E-state index contributed by atoms with van der Waals surface area (Å²) in [6.07, 6.45) is 0.719. The molecule has 8 heteroatoms. The highest BCUT2D eigenvalue weighted by Crippen LogP contribution is 2.30. The minimum absolute atomic E-state index is 0.0433. The van der Waals surface area contributed by atoms with E-state index >= 15 is 0 Å². The molecule has 2 aromatic rings. The topological polar surface area (TPSA) is 87.7 Å². The number of ether oxygens (including phenoxy) is 1. The number of rotatable bonds is 6. The van der Waals surface area contributed by atoms with Crippen molar-refractivity contribution in [1.82, 2.24) is 15.5 Å². The predicted molar refractivity (Wildman–Crippen MR) is 102 cm³/mol. The van der Waals surface area contributed by atoms with E-state index in [1.807, 2.05) is 6.07 Å². The van der Waals surface area contributed by atoms with Crippen molar-refractivity contribution in [3.05, 3.63) is 65.0 Å². The van der Waals surface area contributed by atoms with Gasteiger partial charge in [-0.1, -0.05) is 18.2 Å². The Morgan fingerprint density at radius 1 is 1.14 bits per heavy atom. The van der Waals surface area contributed by atoms with E-state index in [0.717, 1.165) is 11.1 Å². The van der Waals surface area contributed by atoms with Gasteiger partial charge >= 0.3 is 6.03 Å². The van der Waals surface area contributed by atoms with Crippen LogP contribution in [0.4, 0.5) is 9.18 Å². The number of hydrogen-bond donors (Lipinski definition) is 2. The van der Waals surface area contributed by atoms with Gasteiger partial charge in [-0.3, -0.25) is 14.9 Å². The van der Waals surface area contributed by atoms with Gasteiger partial charge in [0.1, 0.15) is 17.1 Å². The lowest BCUT2D eigenvalue weighted by atomic mass is 9.90. The van der Waals surface area contributed by atoms with Gasteiger partial charge < -0.3 is 15.0 Å². The molecule has 2 N–H and O–H groups in total. The summed E-state index contributed by atoms with van der Waals surface area (Å²) in [7, 11) is 1.53. The summed E-state index contributed by atoms with van der Waals surface area (Å²) in [4.78, 5) is 38.9. The average molecular weight is 397 g/mol. The van der Waals surface area contributed by atoms with Crippen LogP contribution in [-0.2, 0) is 17.8 Å². The van der Waals surface area contributed by atoms with Crippen molar-refractivity contribution in [1.29, 1.82) is 0 Å². The Hall–Kier alpha value is -3.42. The van der Waals surface area contributed by atoms with Crippen molar-refractivity contribution < 1.29 is 23.5 Å². The Kier molecular flexibility index (Phi) is 4.70. The van der Waals surface area contributed by atoms with Crippen LogP contribution in [0.3, 0.4) is 0 Å². The van der Waals surface area contributed by atoms with E-state index in [9.17, 15) is 18.8 Å². The average Bonchev–Trinajstić information content (AvgIpc) is 3.16. The molecule has 0 saturated carbocycles. The molecule has 0 aromatic heterocycles. The molecule has 2 heterocycles. The zero-order valence-electron chi connectivity index (χ0n) is 15.8. The van der Waals surface area contributed by atoms with Crippen LogP contribution in [-0.4, -0.2) is 41.9 Å². The van der Waals surface area contributed by atoms with Gasteiger partial charge in [-0.25, -0.2) is 9.18 Å². The Balaban J connectivity index is 1.55. The van der Waals surface area contributed by atoms with Crippen LogP contribution >= 0.6 is 0 Å². The maximum Gasteiger partial charge on any atom is 0.322 e. The van der Waals surface area contributed by atoms with Crippen LogP contribution in [0.2, 0.25) is 0 Å². The highest BCUT2D eigenvalue weighted by Gasteiger charge is 2.48. The number of imide groups is 1. The van der Waals surface area contributed by atoms with Gasteiger partial charge in [0, 0.05) is 12.1 Å². The maximum atomic E-state index is 13.1. The second-order valence-corrected chi connectivity index (χ2v) is 7.30. The number of fused-ring (bicyclic) bond motifs is 1. The first-order valence-corrected chi connectivity index (χ1v) is 9.24. The normalized spacial score (nSPS) is 20.5. The molecule has 1 atom stereocenters. The summed E-state index contributed by atoms with van der Waals surface area (Å²) in [6, 6.07) is 10.7. The SMILES string of the molecule is COc1ccc2c(c1)C(=O)N(C[C@@]1(CCc3ccc(F)cc3)NC(=O)NC1=O)C2.